The number of para-hydroxylation sites is 1. The van der Waals surface area contributed by atoms with Crippen LogP contribution in [0.3, 0.4) is 0 Å². The normalized spacial score (nSPS) is 11.5. The Kier molecular flexibility index (Phi) is 6.09. The minimum Gasteiger partial charge on any atom is -0.278 e. The van der Waals surface area contributed by atoms with E-state index in [1.165, 1.54) is 49.4 Å². The second-order valence-electron chi connectivity index (χ2n) is 11.4. The highest BCUT2D eigenvalue weighted by Gasteiger charge is 2.21. The average Bonchev–Trinajstić information content (AvgIpc) is 3.42. The van der Waals surface area contributed by atoms with Crippen LogP contribution in [0.1, 0.15) is 16.7 Å². The number of rotatable bonds is 4. The van der Waals surface area contributed by atoms with Crippen molar-refractivity contribution in [1.82, 2.24) is 19.5 Å². The fourth-order valence-corrected chi connectivity index (χ4v) is 6.58. The molecule has 4 heteroatoms. The molecule has 0 unspecified atom stereocenters. The van der Waals surface area contributed by atoms with Crippen molar-refractivity contribution in [3.63, 3.8) is 0 Å². The van der Waals surface area contributed by atoms with Crippen LogP contribution in [-0.2, 0) is 0 Å². The molecule has 2 aromatic heterocycles. The first-order valence-corrected chi connectivity index (χ1v) is 15.0. The van der Waals surface area contributed by atoms with Gasteiger partial charge in [-0.1, -0.05) is 121 Å². The minimum absolute atomic E-state index is 0.606. The third kappa shape index (κ3) is 4.10. The van der Waals surface area contributed by atoms with Gasteiger partial charge in [0, 0.05) is 21.9 Å². The maximum atomic E-state index is 5.13. The predicted molar refractivity (Wildman–Crippen MR) is 182 cm³/mol. The second-order valence-corrected chi connectivity index (χ2v) is 11.4. The second kappa shape index (κ2) is 10.3. The number of nitrogens with zero attached hydrogens (tertiary/aromatic N) is 4. The third-order valence-electron chi connectivity index (χ3n) is 8.73. The third-order valence-corrected chi connectivity index (χ3v) is 8.73. The van der Waals surface area contributed by atoms with E-state index in [0.717, 1.165) is 22.2 Å². The maximum absolute atomic E-state index is 5.13. The molecule has 0 fully saturated rings. The zero-order chi connectivity index (χ0) is 29.8. The lowest BCUT2D eigenvalue weighted by Crippen LogP contribution is -2.07. The lowest BCUT2D eigenvalue weighted by atomic mass is 9.90. The number of benzene rings is 6. The number of hydrogen-bond acceptors (Lipinski definition) is 3. The SMILES string of the molecule is Cc1ccc(-c2ccc3c4ccccc4n(-c4nc(-c5ccccc5)nc(-c5ccccc5)n4)c3c2C)c2c(C)cccc12. The van der Waals surface area contributed by atoms with Crippen LogP contribution in [0.2, 0.25) is 0 Å². The molecule has 0 aliphatic rings. The van der Waals surface area contributed by atoms with Crippen LogP contribution in [0.15, 0.2) is 127 Å². The smallest absolute Gasteiger partial charge is 0.238 e. The van der Waals surface area contributed by atoms with E-state index in [0.29, 0.717) is 17.6 Å². The van der Waals surface area contributed by atoms with Gasteiger partial charge in [-0.2, -0.15) is 9.97 Å². The molecule has 0 saturated carbocycles. The molecule has 6 aromatic carbocycles. The van der Waals surface area contributed by atoms with Gasteiger partial charge in [-0.15, -0.1) is 0 Å². The molecule has 0 saturated heterocycles. The van der Waals surface area contributed by atoms with Gasteiger partial charge >= 0.3 is 0 Å². The number of fused-ring (bicyclic) bond motifs is 4. The van der Waals surface area contributed by atoms with Crippen molar-refractivity contribution in [2.45, 2.75) is 20.8 Å². The monoisotopic (exact) mass is 566 g/mol. The van der Waals surface area contributed by atoms with Crippen LogP contribution in [0, 0.1) is 20.8 Å². The fourth-order valence-electron chi connectivity index (χ4n) is 6.58. The van der Waals surface area contributed by atoms with Crippen LogP contribution in [-0.4, -0.2) is 19.5 Å². The Labute approximate surface area is 256 Å². The van der Waals surface area contributed by atoms with Crippen molar-refractivity contribution in [3.8, 4) is 39.9 Å². The first-order chi connectivity index (χ1) is 21.6. The highest BCUT2D eigenvalue weighted by Crippen LogP contribution is 2.40. The molecular formula is C40H30N4. The molecule has 8 aromatic rings. The Bertz CT molecular complexity index is 2290. The lowest BCUT2D eigenvalue weighted by Gasteiger charge is -2.16. The average molecular weight is 567 g/mol. The Morgan fingerprint density at radius 2 is 1.07 bits per heavy atom. The summed E-state index contributed by atoms with van der Waals surface area (Å²) < 4.78 is 2.23. The van der Waals surface area contributed by atoms with E-state index >= 15 is 0 Å². The highest BCUT2D eigenvalue weighted by atomic mass is 15.2. The van der Waals surface area contributed by atoms with Crippen molar-refractivity contribution in [3.05, 3.63) is 144 Å². The summed E-state index contributed by atoms with van der Waals surface area (Å²) in [6, 6.07) is 44.5. The molecule has 0 radical (unpaired) electrons. The van der Waals surface area contributed by atoms with Crippen molar-refractivity contribution in [1.29, 1.82) is 0 Å². The van der Waals surface area contributed by atoms with Crippen molar-refractivity contribution >= 4 is 32.6 Å². The molecule has 2 heterocycles. The van der Waals surface area contributed by atoms with E-state index in [4.69, 9.17) is 15.0 Å². The fraction of sp³-hybridized carbons (Fsp3) is 0.0750. The van der Waals surface area contributed by atoms with Gasteiger partial charge in [0.25, 0.3) is 0 Å². The number of aryl methyl sites for hydroxylation is 3. The van der Waals surface area contributed by atoms with Crippen molar-refractivity contribution < 1.29 is 0 Å². The summed E-state index contributed by atoms with van der Waals surface area (Å²) >= 11 is 0. The van der Waals surface area contributed by atoms with Gasteiger partial charge in [-0.05, 0) is 65.4 Å². The highest BCUT2D eigenvalue weighted by molar-refractivity contribution is 6.12. The molecular weight excluding hydrogens is 536 g/mol. The van der Waals surface area contributed by atoms with Gasteiger partial charge in [0.2, 0.25) is 5.95 Å². The summed E-state index contributed by atoms with van der Waals surface area (Å²) in [4.78, 5) is 15.2. The summed E-state index contributed by atoms with van der Waals surface area (Å²) in [6.45, 7) is 6.63. The van der Waals surface area contributed by atoms with E-state index in [2.05, 4.69) is 92.1 Å². The molecule has 4 nitrogen and oxygen atoms in total. The van der Waals surface area contributed by atoms with E-state index < -0.39 is 0 Å². The summed E-state index contributed by atoms with van der Waals surface area (Å²) in [5.74, 6) is 1.90. The number of hydrogen-bond donors (Lipinski definition) is 0. The van der Waals surface area contributed by atoms with Crippen molar-refractivity contribution in [2.75, 3.05) is 0 Å². The zero-order valence-electron chi connectivity index (χ0n) is 24.9. The lowest BCUT2D eigenvalue weighted by molar-refractivity contribution is 0.951. The molecule has 0 N–H and O–H groups in total. The molecule has 0 atom stereocenters. The molecule has 44 heavy (non-hydrogen) atoms. The molecule has 0 aliphatic carbocycles. The Morgan fingerprint density at radius 3 is 1.77 bits per heavy atom. The van der Waals surface area contributed by atoms with Crippen LogP contribution in [0.5, 0.6) is 0 Å². The predicted octanol–water partition coefficient (Wildman–Crippen LogP) is 10.0. The zero-order valence-corrected chi connectivity index (χ0v) is 24.9. The topological polar surface area (TPSA) is 43.6 Å². The van der Waals surface area contributed by atoms with E-state index in [1.807, 2.05) is 60.7 Å². The van der Waals surface area contributed by atoms with Crippen LogP contribution >= 0.6 is 0 Å². The van der Waals surface area contributed by atoms with Gasteiger partial charge in [0.1, 0.15) is 0 Å². The molecule has 0 amide bonds. The van der Waals surface area contributed by atoms with Crippen LogP contribution < -0.4 is 0 Å². The largest absolute Gasteiger partial charge is 0.278 e. The van der Waals surface area contributed by atoms with Crippen LogP contribution in [0.4, 0.5) is 0 Å². The van der Waals surface area contributed by atoms with Gasteiger partial charge in [-0.25, -0.2) is 4.98 Å². The van der Waals surface area contributed by atoms with Gasteiger partial charge in [0.05, 0.1) is 11.0 Å². The summed E-state index contributed by atoms with van der Waals surface area (Å²) in [6.07, 6.45) is 0. The number of aromatic nitrogens is 4. The molecule has 0 bridgehead atoms. The van der Waals surface area contributed by atoms with Crippen LogP contribution in [0.25, 0.3) is 72.4 Å². The minimum atomic E-state index is 0.606. The van der Waals surface area contributed by atoms with E-state index in [9.17, 15) is 0 Å². The van der Waals surface area contributed by atoms with Crippen molar-refractivity contribution in [2.24, 2.45) is 0 Å². The first kappa shape index (κ1) is 26.1. The molecule has 0 spiro atoms. The van der Waals surface area contributed by atoms with Gasteiger partial charge < -0.3 is 0 Å². The Hall–Kier alpha value is -5.61. The summed E-state index contributed by atoms with van der Waals surface area (Å²) in [7, 11) is 0. The Balaban J connectivity index is 1.47. The maximum Gasteiger partial charge on any atom is 0.238 e. The summed E-state index contributed by atoms with van der Waals surface area (Å²) in [5, 5.41) is 4.94. The summed E-state index contributed by atoms with van der Waals surface area (Å²) in [5.41, 5.74) is 10.3. The Morgan fingerprint density at radius 1 is 0.455 bits per heavy atom. The quantitative estimate of drug-likeness (QED) is 0.213. The van der Waals surface area contributed by atoms with Gasteiger partial charge in [-0.3, -0.25) is 4.57 Å². The molecule has 8 rings (SSSR count). The van der Waals surface area contributed by atoms with E-state index in [-0.39, 0.29) is 0 Å². The molecule has 210 valence electrons. The standard InChI is InChI=1S/C40H30N4/c1-25-21-22-33(36-26(2)13-12-19-30(25)36)31-23-24-34-32-18-10-11-20-35(32)44(37(34)27(31)3)40-42-38(28-14-6-4-7-15-28)41-39(43-40)29-16-8-5-9-17-29/h4-24H,1-3H3. The first-order valence-electron chi connectivity index (χ1n) is 15.0. The van der Waals surface area contributed by atoms with Gasteiger partial charge in [0.15, 0.2) is 11.6 Å². The molecule has 0 aliphatic heterocycles. The van der Waals surface area contributed by atoms with E-state index in [1.54, 1.807) is 0 Å².